The molecular formula is C25H25ClN4O2. The van der Waals surface area contributed by atoms with Crippen molar-refractivity contribution in [2.75, 3.05) is 25.0 Å². The molecule has 6 nitrogen and oxygen atoms in total. The molecule has 0 saturated carbocycles. The van der Waals surface area contributed by atoms with Gasteiger partial charge in [-0.25, -0.2) is 0 Å². The van der Waals surface area contributed by atoms with E-state index < -0.39 is 0 Å². The highest BCUT2D eigenvalue weighted by Crippen LogP contribution is 2.26. The normalized spacial score (nSPS) is 14.9. The number of pyridine rings is 1. The summed E-state index contributed by atoms with van der Waals surface area (Å²) in [5.41, 5.74) is 4.21. The summed E-state index contributed by atoms with van der Waals surface area (Å²) in [5, 5.41) is 13.8. The molecule has 3 aromatic rings. The van der Waals surface area contributed by atoms with E-state index in [4.69, 9.17) is 11.6 Å². The van der Waals surface area contributed by atoms with Gasteiger partial charge in [-0.15, -0.1) is 0 Å². The van der Waals surface area contributed by atoms with Crippen LogP contribution in [0.3, 0.4) is 0 Å². The van der Waals surface area contributed by atoms with Crippen LogP contribution in [0.25, 0.3) is 0 Å². The second kappa shape index (κ2) is 9.83. The zero-order valence-electron chi connectivity index (χ0n) is 17.9. The van der Waals surface area contributed by atoms with Gasteiger partial charge in [-0.2, -0.15) is 0 Å². The van der Waals surface area contributed by atoms with Crippen molar-refractivity contribution in [2.45, 2.75) is 12.8 Å². The van der Waals surface area contributed by atoms with Crippen LogP contribution in [0.1, 0.15) is 28.8 Å². The van der Waals surface area contributed by atoms with Gasteiger partial charge in [-0.3, -0.25) is 9.78 Å². The predicted molar refractivity (Wildman–Crippen MR) is 127 cm³/mol. The van der Waals surface area contributed by atoms with Gasteiger partial charge in [0.15, 0.2) is 0 Å². The van der Waals surface area contributed by atoms with Crippen LogP contribution in [0, 0.1) is 5.92 Å². The lowest BCUT2D eigenvalue weighted by Gasteiger charge is -2.32. The third kappa shape index (κ3) is 4.75. The molecule has 4 rings (SSSR count). The number of amides is 1. The monoisotopic (exact) mass is 448 g/mol. The fourth-order valence-electron chi connectivity index (χ4n) is 4.08. The van der Waals surface area contributed by atoms with Crippen molar-refractivity contribution in [1.29, 1.82) is 0 Å². The van der Waals surface area contributed by atoms with Crippen LogP contribution in [0.4, 0.5) is 11.4 Å². The van der Waals surface area contributed by atoms with E-state index >= 15 is 0 Å². The Bertz CT molecular complexity index is 1080. The molecule has 0 radical (unpaired) electrons. The Morgan fingerprint density at radius 3 is 2.12 bits per heavy atom. The number of oxime groups is 1. The highest BCUT2D eigenvalue weighted by atomic mass is 35.5. The molecule has 0 aliphatic carbocycles. The van der Waals surface area contributed by atoms with Crippen LogP contribution in [0.5, 0.6) is 0 Å². The molecule has 1 amide bonds. The minimum Gasteiger partial charge on any atom is -0.411 e. The van der Waals surface area contributed by atoms with Gasteiger partial charge in [0.25, 0.3) is 5.91 Å². The van der Waals surface area contributed by atoms with E-state index in [-0.39, 0.29) is 11.8 Å². The first-order chi connectivity index (χ1) is 15.6. The SMILES string of the molecule is CN(c1ccncc1)c1ccc(C(=O)N2CCC(/C(=N\O)c3ccc(Cl)cc3)CC2)cc1. The van der Waals surface area contributed by atoms with E-state index in [1.165, 1.54) is 0 Å². The lowest BCUT2D eigenvalue weighted by molar-refractivity contribution is 0.0709. The smallest absolute Gasteiger partial charge is 0.253 e. The number of nitrogens with zero attached hydrogens (tertiary/aromatic N) is 4. The van der Waals surface area contributed by atoms with Crippen LogP contribution < -0.4 is 4.90 Å². The molecule has 1 fully saturated rings. The molecule has 164 valence electrons. The number of carbonyl (C=O) groups excluding carboxylic acids is 1. The molecule has 0 bridgehead atoms. The molecule has 7 heteroatoms. The number of benzene rings is 2. The average molecular weight is 449 g/mol. The number of hydrogen-bond acceptors (Lipinski definition) is 5. The van der Waals surface area contributed by atoms with Crippen molar-refractivity contribution in [1.82, 2.24) is 9.88 Å². The van der Waals surface area contributed by atoms with Crippen molar-refractivity contribution < 1.29 is 10.0 Å². The first-order valence-corrected chi connectivity index (χ1v) is 11.0. The predicted octanol–water partition coefficient (Wildman–Crippen LogP) is 5.23. The van der Waals surface area contributed by atoms with Crippen LogP contribution in [0.2, 0.25) is 5.02 Å². The van der Waals surface area contributed by atoms with Gasteiger partial charge in [-0.1, -0.05) is 28.9 Å². The molecule has 1 aliphatic rings. The summed E-state index contributed by atoms with van der Waals surface area (Å²) in [6, 6.07) is 18.8. The number of likely N-dealkylation sites (tertiary alicyclic amines) is 1. The molecule has 1 aromatic heterocycles. The number of halogens is 1. The highest BCUT2D eigenvalue weighted by Gasteiger charge is 2.27. The molecule has 32 heavy (non-hydrogen) atoms. The van der Waals surface area contributed by atoms with Gasteiger partial charge in [0.1, 0.15) is 0 Å². The van der Waals surface area contributed by atoms with E-state index in [9.17, 15) is 10.0 Å². The van der Waals surface area contributed by atoms with Gasteiger partial charge < -0.3 is 15.0 Å². The van der Waals surface area contributed by atoms with Crippen molar-refractivity contribution in [3.8, 4) is 0 Å². The third-order valence-electron chi connectivity index (χ3n) is 5.97. The van der Waals surface area contributed by atoms with Crippen LogP contribution >= 0.6 is 11.6 Å². The second-order valence-corrected chi connectivity index (χ2v) is 8.31. The largest absolute Gasteiger partial charge is 0.411 e. The highest BCUT2D eigenvalue weighted by molar-refractivity contribution is 6.30. The van der Waals surface area contributed by atoms with E-state index in [1.54, 1.807) is 24.5 Å². The molecule has 2 aromatic carbocycles. The topological polar surface area (TPSA) is 69.0 Å². The molecule has 2 heterocycles. The van der Waals surface area contributed by atoms with E-state index in [0.717, 1.165) is 29.8 Å². The maximum atomic E-state index is 13.0. The van der Waals surface area contributed by atoms with Crippen LogP contribution in [0.15, 0.2) is 78.2 Å². The Kier molecular flexibility index (Phi) is 6.71. The summed E-state index contributed by atoms with van der Waals surface area (Å²) in [4.78, 5) is 21.0. The molecule has 1 N–H and O–H groups in total. The maximum absolute atomic E-state index is 13.0. The van der Waals surface area contributed by atoms with Crippen molar-refractivity contribution >= 4 is 34.6 Å². The second-order valence-electron chi connectivity index (χ2n) is 7.87. The number of rotatable bonds is 5. The summed E-state index contributed by atoms with van der Waals surface area (Å²) in [6.07, 6.45) is 5.01. The zero-order chi connectivity index (χ0) is 22.5. The molecule has 0 atom stereocenters. The summed E-state index contributed by atoms with van der Waals surface area (Å²) >= 11 is 5.96. The quantitative estimate of drug-likeness (QED) is 0.329. The Hall–Kier alpha value is -3.38. The van der Waals surface area contributed by atoms with Crippen LogP contribution in [-0.4, -0.2) is 46.8 Å². The fraction of sp³-hybridized carbons (Fsp3) is 0.240. The maximum Gasteiger partial charge on any atom is 0.253 e. The molecular weight excluding hydrogens is 424 g/mol. The summed E-state index contributed by atoms with van der Waals surface area (Å²) < 4.78 is 0. The Balaban J connectivity index is 1.38. The Morgan fingerprint density at radius 1 is 0.969 bits per heavy atom. The fourth-order valence-corrected chi connectivity index (χ4v) is 4.20. The lowest BCUT2D eigenvalue weighted by atomic mass is 9.88. The van der Waals surface area contributed by atoms with Gasteiger partial charge in [0, 0.05) is 60.4 Å². The molecule has 1 aliphatic heterocycles. The van der Waals surface area contributed by atoms with Crippen molar-refractivity contribution in [3.63, 3.8) is 0 Å². The lowest BCUT2D eigenvalue weighted by Crippen LogP contribution is -2.40. The van der Waals surface area contributed by atoms with Gasteiger partial charge in [0.05, 0.1) is 5.71 Å². The first kappa shape index (κ1) is 21.8. The number of piperidine rings is 1. The van der Waals surface area contributed by atoms with E-state index in [2.05, 4.69) is 10.1 Å². The Labute approximate surface area is 192 Å². The molecule has 0 spiro atoms. The van der Waals surface area contributed by atoms with Crippen molar-refractivity contribution in [3.05, 3.63) is 89.2 Å². The zero-order valence-corrected chi connectivity index (χ0v) is 18.6. The van der Waals surface area contributed by atoms with Crippen LogP contribution in [-0.2, 0) is 0 Å². The third-order valence-corrected chi connectivity index (χ3v) is 6.22. The standard InChI is InChI=1S/C25H25ClN4O2/c1-29(23-10-14-27-15-11-23)22-8-4-20(5-9-22)25(31)30-16-12-19(13-17-30)24(28-32)18-2-6-21(26)7-3-18/h2-11,14-15,19,32H,12-13,16-17H2,1H3/b28-24-. The molecule has 1 saturated heterocycles. The number of aromatic nitrogens is 1. The number of anilines is 2. The van der Waals surface area contributed by atoms with E-state index in [0.29, 0.717) is 29.4 Å². The van der Waals surface area contributed by atoms with Gasteiger partial charge in [0.2, 0.25) is 0 Å². The van der Waals surface area contributed by atoms with Gasteiger partial charge in [-0.05, 0) is 66.9 Å². The number of hydrogen-bond donors (Lipinski definition) is 1. The summed E-state index contributed by atoms with van der Waals surface area (Å²) in [6.45, 7) is 1.24. The average Bonchev–Trinajstić information content (AvgIpc) is 2.86. The molecule has 0 unspecified atom stereocenters. The Morgan fingerprint density at radius 2 is 1.53 bits per heavy atom. The van der Waals surface area contributed by atoms with Gasteiger partial charge >= 0.3 is 0 Å². The first-order valence-electron chi connectivity index (χ1n) is 10.6. The minimum absolute atomic E-state index is 0.0237. The van der Waals surface area contributed by atoms with E-state index in [1.807, 2.05) is 65.4 Å². The van der Waals surface area contributed by atoms with Crippen molar-refractivity contribution in [2.24, 2.45) is 11.1 Å². The summed E-state index contributed by atoms with van der Waals surface area (Å²) in [5.74, 6) is 0.122. The number of carbonyl (C=O) groups is 1. The summed E-state index contributed by atoms with van der Waals surface area (Å²) in [7, 11) is 1.98. The minimum atomic E-state index is 0.0237.